The molecule has 0 aromatic heterocycles. The summed E-state index contributed by atoms with van der Waals surface area (Å²) in [7, 11) is 0. The van der Waals surface area contributed by atoms with Gasteiger partial charge in [0.1, 0.15) is 32.7 Å². The van der Waals surface area contributed by atoms with Crippen LogP contribution in [0.15, 0.2) is 60.7 Å². The van der Waals surface area contributed by atoms with Crippen LogP contribution in [-0.2, 0) is 11.3 Å². The van der Waals surface area contributed by atoms with Crippen LogP contribution in [0.5, 0.6) is 11.5 Å². The second kappa shape index (κ2) is 8.96. The number of hydrogen-bond acceptors (Lipinski definition) is 3. The van der Waals surface area contributed by atoms with Crippen LogP contribution in [0.3, 0.4) is 0 Å². The van der Waals surface area contributed by atoms with E-state index < -0.39 is 0 Å². The summed E-state index contributed by atoms with van der Waals surface area (Å²) in [6.45, 7) is 6.68. The fraction of sp³-hybridized carbons (Fsp3) is 0.320. The van der Waals surface area contributed by atoms with Crippen molar-refractivity contribution in [1.29, 1.82) is 0 Å². The van der Waals surface area contributed by atoms with E-state index in [-0.39, 0.29) is 12.7 Å². The topological polar surface area (TPSA) is 56.4 Å². The third kappa shape index (κ3) is 4.65. The van der Waals surface area contributed by atoms with Gasteiger partial charge in [-0.3, -0.25) is 4.79 Å². The van der Waals surface area contributed by atoms with Crippen molar-refractivity contribution in [2.24, 2.45) is 0 Å². The molecule has 2 aliphatic heterocycles. The van der Waals surface area contributed by atoms with Gasteiger partial charge in [-0.15, -0.1) is 0 Å². The number of piperazine rings is 1. The molecule has 0 spiro atoms. The Morgan fingerprint density at radius 2 is 1.65 bits per heavy atom. The van der Waals surface area contributed by atoms with E-state index in [1.807, 2.05) is 18.2 Å². The second-order valence-electron chi connectivity index (χ2n) is 8.43. The first-order chi connectivity index (χ1) is 15.2. The Hall–Kier alpha value is -3.09. The zero-order valence-electron chi connectivity index (χ0n) is 17.7. The minimum atomic E-state index is 0.0527. The summed E-state index contributed by atoms with van der Waals surface area (Å²) in [6, 6.07) is 20.8. The quantitative estimate of drug-likeness (QED) is 0.556. The Bertz CT molecular complexity index is 1070. The first-order valence-corrected chi connectivity index (χ1v) is 11.1. The van der Waals surface area contributed by atoms with Crippen molar-refractivity contribution >= 4 is 22.4 Å². The fourth-order valence-electron chi connectivity index (χ4n) is 4.59. The number of rotatable bonds is 6. The van der Waals surface area contributed by atoms with Crippen LogP contribution in [0.4, 0.5) is 5.69 Å². The summed E-state index contributed by atoms with van der Waals surface area (Å²) in [6.07, 6.45) is 0.530. The van der Waals surface area contributed by atoms with Crippen LogP contribution < -0.4 is 24.6 Å². The predicted molar refractivity (Wildman–Crippen MR) is 120 cm³/mol. The largest absolute Gasteiger partial charge is 0.454 e. The first-order valence-electron chi connectivity index (χ1n) is 11.1. The van der Waals surface area contributed by atoms with Gasteiger partial charge in [0, 0.05) is 17.3 Å². The maximum absolute atomic E-state index is 12.4. The van der Waals surface area contributed by atoms with E-state index in [0.29, 0.717) is 12.2 Å². The molecule has 0 bridgehead atoms. The van der Waals surface area contributed by atoms with Gasteiger partial charge in [-0.05, 0) is 22.9 Å². The Kier molecular flexibility index (Phi) is 5.74. The molecule has 0 aliphatic carbocycles. The van der Waals surface area contributed by atoms with Crippen molar-refractivity contribution < 1.29 is 24.1 Å². The predicted octanol–water partition coefficient (Wildman–Crippen LogP) is 0.881. The highest BCUT2D eigenvalue weighted by Crippen LogP contribution is 2.34. The molecular formula is C25H29N3O3+2. The lowest BCUT2D eigenvalue weighted by Gasteiger charge is -2.30. The van der Waals surface area contributed by atoms with Crippen LogP contribution in [0.25, 0.3) is 10.8 Å². The summed E-state index contributed by atoms with van der Waals surface area (Å²) in [5.41, 5.74) is 2.19. The number of ether oxygens (including phenoxy) is 2. The summed E-state index contributed by atoms with van der Waals surface area (Å²) >= 11 is 0. The zero-order valence-corrected chi connectivity index (χ0v) is 17.7. The third-order valence-electron chi connectivity index (χ3n) is 6.35. The van der Waals surface area contributed by atoms with Crippen molar-refractivity contribution in [2.45, 2.75) is 13.0 Å². The average molecular weight is 420 g/mol. The maximum Gasteiger partial charge on any atom is 0.231 e. The molecule has 5 rings (SSSR count). The molecule has 1 amide bonds. The number of benzene rings is 3. The number of quaternary nitrogens is 2. The van der Waals surface area contributed by atoms with Gasteiger partial charge in [0.2, 0.25) is 12.7 Å². The molecular weight excluding hydrogens is 390 g/mol. The Morgan fingerprint density at radius 1 is 0.871 bits per heavy atom. The van der Waals surface area contributed by atoms with E-state index in [0.717, 1.165) is 50.7 Å². The summed E-state index contributed by atoms with van der Waals surface area (Å²) in [4.78, 5) is 15.5. The highest BCUT2D eigenvalue weighted by atomic mass is 16.7. The van der Waals surface area contributed by atoms with Gasteiger partial charge in [-0.25, -0.2) is 0 Å². The maximum atomic E-state index is 12.4. The molecule has 0 radical (unpaired) electrons. The minimum Gasteiger partial charge on any atom is -0.454 e. The number of amides is 1. The molecule has 0 unspecified atom stereocenters. The molecule has 0 atom stereocenters. The highest BCUT2D eigenvalue weighted by molar-refractivity contribution is 5.91. The molecule has 3 N–H and O–H groups in total. The number of carbonyl (C=O) groups is 1. The van der Waals surface area contributed by atoms with Crippen LogP contribution in [0.1, 0.15) is 12.0 Å². The molecule has 0 saturated carbocycles. The molecule has 6 heteroatoms. The molecule has 3 aromatic carbocycles. The molecule has 31 heavy (non-hydrogen) atoms. The van der Waals surface area contributed by atoms with Gasteiger partial charge in [0.05, 0.1) is 13.0 Å². The molecule has 1 fully saturated rings. The Balaban J connectivity index is 1.08. The fourth-order valence-corrected chi connectivity index (χ4v) is 4.59. The smallest absolute Gasteiger partial charge is 0.231 e. The van der Waals surface area contributed by atoms with Gasteiger partial charge in [0.25, 0.3) is 0 Å². The van der Waals surface area contributed by atoms with Gasteiger partial charge in [-0.2, -0.15) is 0 Å². The van der Waals surface area contributed by atoms with Crippen LogP contribution in [-0.4, -0.2) is 45.4 Å². The lowest BCUT2D eigenvalue weighted by molar-refractivity contribution is -1.02. The van der Waals surface area contributed by atoms with Crippen molar-refractivity contribution in [3.05, 3.63) is 66.2 Å². The lowest BCUT2D eigenvalue weighted by Crippen LogP contribution is -3.27. The first kappa shape index (κ1) is 19.8. The Labute approximate surface area is 182 Å². The lowest BCUT2D eigenvalue weighted by atomic mass is 10.0. The monoisotopic (exact) mass is 419 g/mol. The van der Waals surface area contributed by atoms with Gasteiger partial charge in [-0.1, -0.05) is 42.5 Å². The Morgan fingerprint density at radius 3 is 2.55 bits per heavy atom. The normalized spacial score (nSPS) is 20.0. The van der Waals surface area contributed by atoms with Crippen molar-refractivity contribution in [3.63, 3.8) is 0 Å². The van der Waals surface area contributed by atoms with E-state index >= 15 is 0 Å². The highest BCUT2D eigenvalue weighted by Gasteiger charge is 2.24. The average Bonchev–Trinajstić information content (AvgIpc) is 3.27. The van der Waals surface area contributed by atoms with Crippen LogP contribution in [0, 0.1) is 0 Å². The summed E-state index contributed by atoms with van der Waals surface area (Å²) in [5.74, 6) is 1.47. The molecule has 3 aromatic rings. The molecule has 1 saturated heterocycles. The molecule has 2 heterocycles. The van der Waals surface area contributed by atoms with Crippen molar-refractivity contribution in [2.75, 3.05) is 44.8 Å². The van der Waals surface area contributed by atoms with Crippen LogP contribution >= 0.6 is 0 Å². The van der Waals surface area contributed by atoms with Crippen LogP contribution in [0.2, 0.25) is 0 Å². The van der Waals surface area contributed by atoms with E-state index in [1.165, 1.54) is 21.2 Å². The molecule has 6 nitrogen and oxygen atoms in total. The number of hydrogen-bond donors (Lipinski definition) is 3. The van der Waals surface area contributed by atoms with Crippen molar-refractivity contribution in [1.82, 2.24) is 0 Å². The van der Waals surface area contributed by atoms with Crippen molar-refractivity contribution in [3.8, 4) is 11.5 Å². The number of anilines is 1. The van der Waals surface area contributed by atoms with E-state index in [9.17, 15) is 4.79 Å². The summed E-state index contributed by atoms with van der Waals surface area (Å²) < 4.78 is 10.7. The van der Waals surface area contributed by atoms with E-state index in [1.54, 1.807) is 4.90 Å². The van der Waals surface area contributed by atoms with E-state index in [2.05, 4.69) is 47.8 Å². The van der Waals surface area contributed by atoms with E-state index in [4.69, 9.17) is 9.47 Å². The summed E-state index contributed by atoms with van der Waals surface area (Å²) in [5, 5.41) is 5.66. The minimum absolute atomic E-state index is 0.0527. The molecule has 160 valence electrons. The zero-order chi connectivity index (χ0) is 21.0. The standard InChI is InChI=1S/C25H27N3O3/c29-25(26-21-8-9-23-24(16-21)31-18-30-23)10-11-27-12-14-28(15-13-27)17-20-6-3-5-19-4-1-2-7-22(19)20/h1-9,16H,10-15,17-18H2,(H,26,29)/p+2. The number of carbonyl (C=O) groups excluding carboxylic acids is 1. The third-order valence-corrected chi connectivity index (χ3v) is 6.35. The molecule has 2 aliphatic rings. The number of fused-ring (bicyclic) bond motifs is 2. The SMILES string of the molecule is O=C(CC[NH+]1CC[NH+](Cc2cccc3ccccc23)CC1)Nc1ccc2c(c1)OCO2. The number of nitrogens with one attached hydrogen (secondary N) is 3. The second-order valence-corrected chi connectivity index (χ2v) is 8.43. The van der Waals surface area contributed by atoms with Gasteiger partial charge in [0.15, 0.2) is 11.5 Å². The van der Waals surface area contributed by atoms with Gasteiger partial charge >= 0.3 is 0 Å². The van der Waals surface area contributed by atoms with Gasteiger partial charge < -0.3 is 24.6 Å².